The minimum Gasteiger partial charge on any atom is -0.320 e. The largest absolute Gasteiger partial charge is 0.320 e. The first kappa shape index (κ1) is 12.3. The second kappa shape index (κ2) is 4.59. The minimum absolute atomic E-state index is 0.222. The maximum Gasteiger partial charge on any atom is 0.123 e. The lowest BCUT2D eigenvalue weighted by molar-refractivity contribution is 0.622. The summed E-state index contributed by atoms with van der Waals surface area (Å²) in [6, 6.07) is 6.83. The number of halogens is 1. The summed E-state index contributed by atoms with van der Waals surface area (Å²) in [6.07, 6.45) is 0. The monoisotopic (exact) mass is 249 g/mol. The van der Waals surface area contributed by atoms with Gasteiger partial charge in [0.1, 0.15) is 5.82 Å². The Morgan fingerprint density at radius 2 is 1.82 bits per heavy atom. The van der Waals surface area contributed by atoms with Crippen molar-refractivity contribution in [2.75, 3.05) is 0 Å². The van der Waals surface area contributed by atoms with Gasteiger partial charge >= 0.3 is 0 Å². The van der Waals surface area contributed by atoms with Crippen molar-refractivity contribution in [1.82, 2.24) is 0 Å². The molecule has 0 amide bonds. The summed E-state index contributed by atoms with van der Waals surface area (Å²) in [7, 11) is 0. The quantitative estimate of drug-likeness (QED) is 0.859. The van der Waals surface area contributed by atoms with E-state index in [2.05, 4.69) is 19.9 Å². The molecular formula is C14H16FNS. The van der Waals surface area contributed by atoms with E-state index < -0.39 is 0 Å². The standard InChI is InChI=1S/C14H16FNS/c1-8-4-11(7-12(15)5-8)14(16)13-6-9(2)17-10(13)3/h4-7,14H,16H2,1-3H3. The smallest absolute Gasteiger partial charge is 0.123 e. The van der Waals surface area contributed by atoms with E-state index >= 15 is 0 Å². The SMILES string of the molecule is Cc1cc(F)cc(C(N)c2cc(C)sc2C)c1. The van der Waals surface area contributed by atoms with Crippen LogP contribution in [0, 0.1) is 26.6 Å². The van der Waals surface area contributed by atoms with Crippen LogP contribution >= 0.6 is 11.3 Å². The number of benzene rings is 1. The van der Waals surface area contributed by atoms with E-state index in [-0.39, 0.29) is 11.9 Å². The fourth-order valence-corrected chi connectivity index (χ4v) is 3.06. The molecule has 0 aliphatic rings. The highest BCUT2D eigenvalue weighted by atomic mass is 32.1. The van der Waals surface area contributed by atoms with Gasteiger partial charge in [0, 0.05) is 9.75 Å². The van der Waals surface area contributed by atoms with Gasteiger partial charge in [0.05, 0.1) is 6.04 Å². The number of nitrogens with two attached hydrogens (primary N) is 1. The van der Waals surface area contributed by atoms with Crippen LogP contribution in [0.4, 0.5) is 4.39 Å². The van der Waals surface area contributed by atoms with Crippen molar-refractivity contribution in [2.45, 2.75) is 26.8 Å². The van der Waals surface area contributed by atoms with Crippen LogP contribution in [0.15, 0.2) is 24.3 Å². The highest BCUT2D eigenvalue weighted by Crippen LogP contribution is 2.29. The van der Waals surface area contributed by atoms with Crippen LogP contribution in [0.5, 0.6) is 0 Å². The van der Waals surface area contributed by atoms with Gasteiger partial charge in [-0.15, -0.1) is 11.3 Å². The molecule has 2 rings (SSSR count). The Morgan fingerprint density at radius 1 is 1.12 bits per heavy atom. The molecule has 1 unspecified atom stereocenters. The van der Waals surface area contributed by atoms with E-state index in [0.29, 0.717) is 0 Å². The van der Waals surface area contributed by atoms with Gasteiger partial charge in [-0.2, -0.15) is 0 Å². The van der Waals surface area contributed by atoms with Crippen LogP contribution in [0.25, 0.3) is 0 Å². The summed E-state index contributed by atoms with van der Waals surface area (Å²) in [4.78, 5) is 2.44. The first-order chi connectivity index (χ1) is 7.97. The summed E-state index contributed by atoms with van der Waals surface area (Å²) in [5, 5.41) is 0. The van der Waals surface area contributed by atoms with Crippen LogP contribution in [-0.4, -0.2) is 0 Å². The zero-order chi connectivity index (χ0) is 12.6. The summed E-state index contributed by atoms with van der Waals surface area (Å²) in [5.41, 5.74) is 9.04. The molecule has 1 heterocycles. The molecule has 0 aliphatic heterocycles. The highest BCUT2D eigenvalue weighted by molar-refractivity contribution is 7.12. The van der Waals surface area contributed by atoms with Crippen LogP contribution in [-0.2, 0) is 0 Å². The van der Waals surface area contributed by atoms with E-state index in [1.807, 2.05) is 13.0 Å². The van der Waals surface area contributed by atoms with E-state index in [4.69, 9.17) is 5.73 Å². The number of thiophene rings is 1. The molecule has 90 valence electrons. The van der Waals surface area contributed by atoms with E-state index in [0.717, 1.165) is 16.7 Å². The Balaban J connectivity index is 2.43. The molecule has 17 heavy (non-hydrogen) atoms. The zero-order valence-electron chi connectivity index (χ0n) is 10.3. The fourth-order valence-electron chi connectivity index (χ4n) is 2.08. The van der Waals surface area contributed by atoms with Crippen LogP contribution in [0.1, 0.15) is 32.5 Å². The van der Waals surface area contributed by atoms with Crippen molar-refractivity contribution in [3.8, 4) is 0 Å². The average Bonchev–Trinajstić information content (AvgIpc) is 2.55. The predicted molar refractivity (Wildman–Crippen MR) is 71.0 cm³/mol. The van der Waals surface area contributed by atoms with E-state index in [1.54, 1.807) is 11.3 Å². The number of hydrogen-bond donors (Lipinski definition) is 1. The molecule has 1 atom stereocenters. The minimum atomic E-state index is -0.241. The van der Waals surface area contributed by atoms with Gasteiger partial charge in [-0.1, -0.05) is 6.07 Å². The maximum atomic E-state index is 13.4. The second-order valence-electron chi connectivity index (χ2n) is 4.41. The van der Waals surface area contributed by atoms with Gasteiger partial charge in [0.25, 0.3) is 0 Å². The van der Waals surface area contributed by atoms with Crippen molar-refractivity contribution in [3.63, 3.8) is 0 Å². The average molecular weight is 249 g/mol. The van der Waals surface area contributed by atoms with E-state index in [1.165, 1.54) is 21.9 Å². The van der Waals surface area contributed by atoms with Gasteiger partial charge < -0.3 is 5.73 Å². The topological polar surface area (TPSA) is 26.0 Å². The van der Waals surface area contributed by atoms with Crippen LogP contribution < -0.4 is 5.73 Å². The third kappa shape index (κ3) is 2.56. The molecule has 0 spiro atoms. The molecule has 1 nitrogen and oxygen atoms in total. The molecule has 1 aromatic heterocycles. The molecule has 0 saturated heterocycles. The molecule has 3 heteroatoms. The lowest BCUT2D eigenvalue weighted by Gasteiger charge is -2.13. The molecular weight excluding hydrogens is 233 g/mol. The van der Waals surface area contributed by atoms with Crippen LogP contribution in [0.3, 0.4) is 0 Å². The third-order valence-corrected chi connectivity index (χ3v) is 3.82. The van der Waals surface area contributed by atoms with E-state index in [9.17, 15) is 4.39 Å². The van der Waals surface area contributed by atoms with Crippen molar-refractivity contribution < 1.29 is 4.39 Å². The molecule has 0 saturated carbocycles. The van der Waals surface area contributed by atoms with Crippen LogP contribution in [0.2, 0.25) is 0 Å². The Kier molecular flexibility index (Phi) is 3.31. The Morgan fingerprint density at radius 3 is 2.35 bits per heavy atom. The molecule has 0 radical (unpaired) electrons. The molecule has 0 aliphatic carbocycles. The van der Waals surface area contributed by atoms with Crippen molar-refractivity contribution >= 4 is 11.3 Å². The normalized spacial score (nSPS) is 12.8. The Labute approximate surface area is 105 Å². The highest BCUT2D eigenvalue weighted by Gasteiger charge is 2.14. The summed E-state index contributed by atoms with van der Waals surface area (Å²) in [6.45, 7) is 5.99. The lowest BCUT2D eigenvalue weighted by Crippen LogP contribution is -2.12. The molecule has 0 bridgehead atoms. The fraction of sp³-hybridized carbons (Fsp3) is 0.286. The predicted octanol–water partition coefficient (Wildman–Crippen LogP) is 3.86. The summed E-state index contributed by atoms with van der Waals surface area (Å²) in [5.74, 6) is -0.222. The second-order valence-corrected chi connectivity index (χ2v) is 5.87. The zero-order valence-corrected chi connectivity index (χ0v) is 11.1. The maximum absolute atomic E-state index is 13.4. The number of hydrogen-bond acceptors (Lipinski definition) is 2. The van der Waals surface area contributed by atoms with Gasteiger partial charge in [0.2, 0.25) is 0 Å². The third-order valence-electron chi connectivity index (χ3n) is 2.84. The van der Waals surface area contributed by atoms with Gasteiger partial charge in [-0.25, -0.2) is 4.39 Å². The molecule has 0 fully saturated rings. The lowest BCUT2D eigenvalue weighted by atomic mass is 9.98. The molecule has 1 aromatic carbocycles. The van der Waals surface area contributed by atoms with Gasteiger partial charge in [-0.3, -0.25) is 0 Å². The van der Waals surface area contributed by atoms with Crippen molar-refractivity contribution in [1.29, 1.82) is 0 Å². The summed E-state index contributed by atoms with van der Waals surface area (Å²) >= 11 is 1.73. The van der Waals surface area contributed by atoms with Gasteiger partial charge in [0.15, 0.2) is 0 Å². The summed E-state index contributed by atoms with van der Waals surface area (Å²) < 4.78 is 13.4. The molecule has 2 aromatic rings. The number of rotatable bonds is 2. The van der Waals surface area contributed by atoms with Gasteiger partial charge in [-0.05, 0) is 55.7 Å². The first-order valence-corrected chi connectivity index (χ1v) is 6.38. The van der Waals surface area contributed by atoms with Crippen molar-refractivity contribution in [3.05, 3.63) is 56.5 Å². The Hall–Kier alpha value is -1.19. The molecule has 2 N–H and O–H groups in total. The number of aryl methyl sites for hydroxylation is 3. The first-order valence-electron chi connectivity index (χ1n) is 5.57. The van der Waals surface area contributed by atoms with Crippen molar-refractivity contribution in [2.24, 2.45) is 5.73 Å². The Bertz CT molecular complexity index is 525.